The van der Waals surface area contributed by atoms with Crippen LogP contribution >= 0.6 is 0 Å². The van der Waals surface area contributed by atoms with Crippen LogP contribution in [0, 0.1) is 0 Å². The number of ether oxygens (including phenoxy) is 2. The average molecular weight is 300 g/mol. The lowest BCUT2D eigenvalue weighted by Gasteiger charge is -2.04. The first-order valence-electron chi connectivity index (χ1n) is 8.52. The molecule has 0 aliphatic heterocycles. The fraction of sp³-hybridized carbons (Fsp3) is 0.882. The molecule has 0 N–H and O–H groups in total. The third-order valence-corrected chi connectivity index (χ3v) is 3.33. The smallest absolute Gasteiger partial charge is 0.305 e. The molecular formula is C17H32O4. The van der Waals surface area contributed by atoms with Gasteiger partial charge in [-0.3, -0.25) is 9.59 Å². The molecule has 0 aliphatic carbocycles. The number of hydrogen-bond donors (Lipinski definition) is 0. The minimum Gasteiger partial charge on any atom is -0.466 e. The molecule has 0 aromatic rings. The lowest BCUT2D eigenvalue weighted by molar-refractivity contribution is -0.144. The summed E-state index contributed by atoms with van der Waals surface area (Å²) in [7, 11) is 0. The van der Waals surface area contributed by atoms with Crippen molar-refractivity contribution in [2.75, 3.05) is 13.2 Å². The summed E-state index contributed by atoms with van der Waals surface area (Å²) >= 11 is 0. The van der Waals surface area contributed by atoms with Crippen molar-refractivity contribution in [2.45, 2.75) is 84.5 Å². The first-order chi connectivity index (χ1) is 10.2. The highest BCUT2D eigenvalue weighted by Gasteiger charge is 2.03. The maximum Gasteiger partial charge on any atom is 0.305 e. The van der Waals surface area contributed by atoms with Crippen molar-refractivity contribution in [1.82, 2.24) is 0 Å². The van der Waals surface area contributed by atoms with Crippen LogP contribution in [0.15, 0.2) is 0 Å². The van der Waals surface area contributed by atoms with Crippen LogP contribution in [0.3, 0.4) is 0 Å². The molecule has 4 heteroatoms. The predicted octanol–water partition coefficient (Wildman–Crippen LogP) is 4.40. The zero-order valence-corrected chi connectivity index (χ0v) is 13.8. The van der Waals surface area contributed by atoms with E-state index in [1.807, 2.05) is 6.92 Å². The van der Waals surface area contributed by atoms with Crippen LogP contribution in [0.25, 0.3) is 0 Å². The molecule has 4 nitrogen and oxygen atoms in total. The second-order valence-corrected chi connectivity index (χ2v) is 5.35. The standard InChI is InChI=1S/C17H32O4/c1-3-5-12-15-21-17(19)14-11-9-7-6-8-10-13-16(18)20-4-2/h3-15H2,1-2H3. The Morgan fingerprint density at radius 3 is 1.71 bits per heavy atom. The molecular weight excluding hydrogens is 268 g/mol. The number of unbranched alkanes of at least 4 members (excludes halogenated alkanes) is 7. The Hall–Kier alpha value is -1.06. The highest BCUT2D eigenvalue weighted by atomic mass is 16.5. The molecule has 0 rings (SSSR count). The van der Waals surface area contributed by atoms with Gasteiger partial charge in [0, 0.05) is 12.8 Å². The van der Waals surface area contributed by atoms with E-state index in [2.05, 4.69) is 6.92 Å². The fourth-order valence-electron chi connectivity index (χ4n) is 2.09. The van der Waals surface area contributed by atoms with Crippen molar-refractivity contribution >= 4 is 11.9 Å². The lowest BCUT2D eigenvalue weighted by atomic mass is 10.1. The van der Waals surface area contributed by atoms with Gasteiger partial charge in [-0.2, -0.15) is 0 Å². The van der Waals surface area contributed by atoms with Gasteiger partial charge in [0.15, 0.2) is 0 Å². The molecule has 0 saturated carbocycles. The summed E-state index contributed by atoms with van der Waals surface area (Å²) in [5.74, 6) is -0.156. The van der Waals surface area contributed by atoms with Gasteiger partial charge in [-0.1, -0.05) is 45.4 Å². The Morgan fingerprint density at radius 2 is 1.19 bits per heavy atom. The van der Waals surface area contributed by atoms with Crippen molar-refractivity contribution in [1.29, 1.82) is 0 Å². The zero-order valence-electron chi connectivity index (χ0n) is 13.8. The number of carbonyl (C=O) groups excluding carboxylic acids is 2. The quantitative estimate of drug-likeness (QED) is 0.352. The molecule has 0 bridgehead atoms. The minimum atomic E-state index is -0.0941. The van der Waals surface area contributed by atoms with E-state index in [4.69, 9.17) is 9.47 Å². The van der Waals surface area contributed by atoms with Crippen LogP contribution in [0.1, 0.15) is 84.5 Å². The summed E-state index contributed by atoms with van der Waals surface area (Å²) in [6, 6.07) is 0. The molecule has 0 aromatic carbocycles. The van der Waals surface area contributed by atoms with E-state index in [9.17, 15) is 9.59 Å². The normalized spacial score (nSPS) is 10.4. The highest BCUT2D eigenvalue weighted by Crippen LogP contribution is 2.09. The third kappa shape index (κ3) is 15.2. The second kappa shape index (κ2) is 15.3. The van der Waals surface area contributed by atoms with Gasteiger partial charge in [0.2, 0.25) is 0 Å². The van der Waals surface area contributed by atoms with Crippen LogP contribution < -0.4 is 0 Å². The highest BCUT2D eigenvalue weighted by molar-refractivity contribution is 5.69. The molecule has 0 aromatic heterocycles. The Kier molecular flexibility index (Phi) is 14.6. The summed E-state index contributed by atoms with van der Waals surface area (Å²) in [5.41, 5.74) is 0. The van der Waals surface area contributed by atoms with Gasteiger partial charge in [0.25, 0.3) is 0 Å². The molecule has 0 heterocycles. The van der Waals surface area contributed by atoms with Gasteiger partial charge in [-0.05, 0) is 26.2 Å². The van der Waals surface area contributed by atoms with Gasteiger partial charge < -0.3 is 9.47 Å². The van der Waals surface area contributed by atoms with E-state index < -0.39 is 0 Å². The van der Waals surface area contributed by atoms with Crippen molar-refractivity contribution in [2.24, 2.45) is 0 Å². The summed E-state index contributed by atoms with van der Waals surface area (Å²) < 4.78 is 10.0. The summed E-state index contributed by atoms with van der Waals surface area (Å²) in [4.78, 5) is 22.5. The van der Waals surface area contributed by atoms with E-state index in [0.717, 1.165) is 57.8 Å². The number of hydrogen-bond acceptors (Lipinski definition) is 4. The largest absolute Gasteiger partial charge is 0.466 e. The van der Waals surface area contributed by atoms with E-state index in [-0.39, 0.29) is 11.9 Å². The van der Waals surface area contributed by atoms with Gasteiger partial charge in [0.05, 0.1) is 13.2 Å². The van der Waals surface area contributed by atoms with Crippen LogP contribution in [0.2, 0.25) is 0 Å². The molecule has 0 amide bonds. The fourth-order valence-corrected chi connectivity index (χ4v) is 2.09. The van der Waals surface area contributed by atoms with Crippen molar-refractivity contribution < 1.29 is 19.1 Å². The van der Waals surface area contributed by atoms with Crippen LogP contribution in [-0.2, 0) is 19.1 Å². The molecule has 0 unspecified atom stereocenters. The summed E-state index contributed by atoms with van der Waals surface area (Å²) in [6.07, 6.45) is 10.5. The summed E-state index contributed by atoms with van der Waals surface area (Å²) in [6.45, 7) is 5.00. The topological polar surface area (TPSA) is 52.6 Å². The molecule has 0 atom stereocenters. The van der Waals surface area contributed by atoms with Gasteiger partial charge >= 0.3 is 11.9 Å². The van der Waals surface area contributed by atoms with Crippen LogP contribution in [-0.4, -0.2) is 25.2 Å². The Morgan fingerprint density at radius 1 is 0.667 bits per heavy atom. The minimum absolute atomic E-state index is 0.0617. The second-order valence-electron chi connectivity index (χ2n) is 5.35. The van der Waals surface area contributed by atoms with Crippen LogP contribution in [0.5, 0.6) is 0 Å². The molecule has 0 spiro atoms. The van der Waals surface area contributed by atoms with E-state index in [1.54, 1.807) is 0 Å². The average Bonchev–Trinajstić information content (AvgIpc) is 2.46. The number of esters is 2. The van der Waals surface area contributed by atoms with Crippen molar-refractivity contribution in [3.63, 3.8) is 0 Å². The Bertz CT molecular complexity index is 264. The number of rotatable bonds is 14. The number of carbonyl (C=O) groups is 2. The van der Waals surface area contributed by atoms with Crippen molar-refractivity contribution in [3.8, 4) is 0 Å². The van der Waals surface area contributed by atoms with E-state index in [0.29, 0.717) is 26.1 Å². The molecule has 0 saturated heterocycles. The molecule has 0 radical (unpaired) electrons. The molecule has 0 aliphatic rings. The molecule has 124 valence electrons. The zero-order chi connectivity index (χ0) is 15.8. The monoisotopic (exact) mass is 300 g/mol. The maximum absolute atomic E-state index is 11.4. The first kappa shape index (κ1) is 19.9. The molecule has 0 fully saturated rings. The first-order valence-corrected chi connectivity index (χ1v) is 8.52. The van der Waals surface area contributed by atoms with Gasteiger partial charge in [-0.25, -0.2) is 0 Å². The van der Waals surface area contributed by atoms with Crippen LogP contribution in [0.4, 0.5) is 0 Å². The lowest BCUT2D eigenvalue weighted by Crippen LogP contribution is -2.05. The van der Waals surface area contributed by atoms with Gasteiger partial charge in [-0.15, -0.1) is 0 Å². The van der Waals surface area contributed by atoms with E-state index >= 15 is 0 Å². The maximum atomic E-state index is 11.4. The van der Waals surface area contributed by atoms with Crippen molar-refractivity contribution in [3.05, 3.63) is 0 Å². The predicted molar refractivity (Wildman–Crippen MR) is 84.1 cm³/mol. The SMILES string of the molecule is CCCCCOC(=O)CCCCCCCCC(=O)OCC. The van der Waals surface area contributed by atoms with E-state index in [1.165, 1.54) is 0 Å². The Labute approximate surface area is 129 Å². The Balaban J connectivity index is 3.21. The third-order valence-electron chi connectivity index (χ3n) is 3.33. The van der Waals surface area contributed by atoms with Gasteiger partial charge in [0.1, 0.15) is 0 Å². The summed E-state index contributed by atoms with van der Waals surface area (Å²) in [5, 5.41) is 0. The molecule has 21 heavy (non-hydrogen) atoms.